The van der Waals surface area contributed by atoms with Gasteiger partial charge in [0.15, 0.2) is 18.3 Å². The van der Waals surface area contributed by atoms with Crippen LogP contribution in [0.4, 0.5) is 5.95 Å². The highest BCUT2D eigenvalue weighted by atomic mass is 32.1. The van der Waals surface area contributed by atoms with Crippen molar-refractivity contribution in [2.24, 2.45) is 0 Å². The summed E-state index contributed by atoms with van der Waals surface area (Å²) < 4.78 is 10.2. The number of anilines is 1. The van der Waals surface area contributed by atoms with Crippen molar-refractivity contribution in [1.82, 2.24) is 24.3 Å². The summed E-state index contributed by atoms with van der Waals surface area (Å²) in [5, 5.41) is 4.72. The predicted molar refractivity (Wildman–Crippen MR) is 99.4 cm³/mol. The first-order valence-corrected chi connectivity index (χ1v) is 9.24. The molecule has 9 heteroatoms. The van der Waals surface area contributed by atoms with E-state index in [1.54, 1.807) is 18.7 Å². The number of furan rings is 1. The van der Waals surface area contributed by atoms with Gasteiger partial charge in [0, 0.05) is 18.9 Å². The third kappa shape index (κ3) is 3.27. The van der Waals surface area contributed by atoms with Crippen molar-refractivity contribution in [2.45, 2.75) is 20.1 Å². The minimum absolute atomic E-state index is 0.736. The number of rotatable bonds is 5. The fourth-order valence-corrected chi connectivity index (χ4v) is 3.59. The maximum atomic E-state index is 5.63. The number of nitrogens with one attached hydrogen (secondary N) is 1. The molecule has 1 saturated heterocycles. The molecule has 0 saturated carbocycles. The molecule has 1 aliphatic heterocycles. The normalized spacial score (nSPS) is 15.5. The van der Waals surface area contributed by atoms with Gasteiger partial charge in [-0.25, -0.2) is 9.97 Å². The number of piperazine rings is 1. The van der Waals surface area contributed by atoms with Crippen LogP contribution < -0.4 is 9.80 Å². The maximum absolute atomic E-state index is 5.63. The lowest BCUT2D eigenvalue weighted by Gasteiger charge is -2.31. The molecule has 1 fully saturated rings. The SMILES string of the molecule is CCn1c(-c2ccco2)nn(C[NH+]2CCN(c3ncccn3)CC2)c1=S. The van der Waals surface area contributed by atoms with E-state index < -0.39 is 0 Å². The van der Waals surface area contributed by atoms with Crippen molar-refractivity contribution in [2.75, 3.05) is 31.1 Å². The molecule has 0 aromatic carbocycles. The lowest BCUT2D eigenvalue weighted by molar-refractivity contribution is -0.924. The van der Waals surface area contributed by atoms with Crippen molar-refractivity contribution in [3.8, 4) is 11.6 Å². The average Bonchev–Trinajstić information content (AvgIpc) is 3.32. The monoisotopic (exact) mass is 372 g/mol. The second kappa shape index (κ2) is 7.38. The lowest BCUT2D eigenvalue weighted by atomic mass is 10.3. The van der Waals surface area contributed by atoms with Gasteiger partial charge in [0.2, 0.25) is 10.7 Å². The molecule has 4 heterocycles. The van der Waals surface area contributed by atoms with E-state index in [-0.39, 0.29) is 0 Å². The van der Waals surface area contributed by atoms with Crippen molar-refractivity contribution >= 4 is 18.2 Å². The molecular weight excluding hydrogens is 350 g/mol. The van der Waals surface area contributed by atoms with E-state index in [1.165, 1.54) is 4.90 Å². The summed E-state index contributed by atoms with van der Waals surface area (Å²) in [4.78, 5) is 12.3. The first-order valence-electron chi connectivity index (χ1n) is 8.83. The van der Waals surface area contributed by atoms with E-state index in [2.05, 4.69) is 21.8 Å². The van der Waals surface area contributed by atoms with Gasteiger partial charge in [-0.3, -0.25) is 4.57 Å². The van der Waals surface area contributed by atoms with Crippen LogP contribution >= 0.6 is 12.2 Å². The minimum Gasteiger partial charge on any atom is -0.461 e. The summed E-state index contributed by atoms with van der Waals surface area (Å²) in [7, 11) is 0. The van der Waals surface area contributed by atoms with Crippen LogP contribution in [0.3, 0.4) is 0 Å². The fraction of sp³-hybridized carbons (Fsp3) is 0.412. The summed E-state index contributed by atoms with van der Waals surface area (Å²) in [6.45, 7) is 7.43. The van der Waals surface area contributed by atoms with Gasteiger partial charge in [-0.1, -0.05) is 0 Å². The summed E-state index contributed by atoms with van der Waals surface area (Å²) in [6, 6.07) is 5.63. The van der Waals surface area contributed by atoms with Crippen LogP contribution in [0.15, 0.2) is 41.3 Å². The Bertz CT molecular complexity index is 895. The Morgan fingerprint density at radius 2 is 1.96 bits per heavy atom. The average molecular weight is 372 g/mol. The van der Waals surface area contributed by atoms with Crippen LogP contribution in [0, 0.1) is 4.77 Å². The molecule has 1 aliphatic rings. The molecule has 8 nitrogen and oxygen atoms in total. The van der Waals surface area contributed by atoms with Gasteiger partial charge in [-0.05, 0) is 37.3 Å². The second-order valence-electron chi connectivity index (χ2n) is 6.27. The Morgan fingerprint density at radius 3 is 2.62 bits per heavy atom. The van der Waals surface area contributed by atoms with Crippen LogP contribution in [-0.2, 0) is 13.2 Å². The summed E-state index contributed by atoms with van der Waals surface area (Å²) in [5.74, 6) is 2.34. The topological polar surface area (TPSA) is 69.3 Å². The van der Waals surface area contributed by atoms with Gasteiger partial charge >= 0.3 is 0 Å². The van der Waals surface area contributed by atoms with Crippen molar-refractivity contribution < 1.29 is 9.32 Å². The first-order chi connectivity index (χ1) is 12.8. The van der Waals surface area contributed by atoms with Crippen LogP contribution in [0.1, 0.15) is 6.92 Å². The minimum atomic E-state index is 0.736. The zero-order valence-corrected chi connectivity index (χ0v) is 15.5. The van der Waals surface area contributed by atoms with Crippen LogP contribution in [-0.4, -0.2) is 50.5 Å². The molecule has 3 aromatic heterocycles. The fourth-order valence-electron chi connectivity index (χ4n) is 3.26. The number of nitrogens with zero attached hydrogens (tertiary/aromatic N) is 6. The summed E-state index contributed by atoms with van der Waals surface area (Å²) >= 11 is 5.63. The zero-order chi connectivity index (χ0) is 17.9. The van der Waals surface area contributed by atoms with E-state index in [0.29, 0.717) is 0 Å². The van der Waals surface area contributed by atoms with Crippen LogP contribution in [0.25, 0.3) is 11.6 Å². The third-order valence-electron chi connectivity index (χ3n) is 4.66. The molecule has 136 valence electrons. The van der Waals surface area contributed by atoms with Crippen LogP contribution in [0.5, 0.6) is 0 Å². The Hall–Kier alpha value is -2.52. The molecule has 0 amide bonds. The number of hydrogen-bond acceptors (Lipinski definition) is 6. The molecule has 0 aliphatic carbocycles. The molecule has 26 heavy (non-hydrogen) atoms. The van der Waals surface area contributed by atoms with E-state index >= 15 is 0 Å². The van der Waals surface area contributed by atoms with Gasteiger partial charge in [0.05, 0.1) is 32.4 Å². The second-order valence-corrected chi connectivity index (χ2v) is 6.64. The van der Waals surface area contributed by atoms with Gasteiger partial charge in [0.25, 0.3) is 0 Å². The summed E-state index contributed by atoms with van der Waals surface area (Å²) in [5.41, 5.74) is 0. The van der Waals surface area contributed by atoms with E-state index in [4.69, 9.17) is 21.7 Å². The molecular formula is C17H22N7OS+. The van der Waals surface area contributed by atoms with E-state index in [9.17, 15) is 0 Å². The van der Waals surface area contributed by atoms with Gasteiger partial charge in [0.1, 0.15) is 0 Å². The number of quaternary nitrogens is 1. The maximum Gasteiger partial charge on any atom is 0.225 e. The van der Waals surface area contributed by atoms with Gasteiger partial charge in [-0.2, -0.15) is 4.68 Å². The highest BCUT2D eigenvalue weighted by Crippen LogP contribution is 2.18. The van der Waals surface area contributed by atoms with Crippen molar-refractivity contribution in [3.05, 3.63) is 41.6 Å². The summed E-state index contributed by atoms with van der Waals surface area (Å²) in [6.07, 6.45) is 5.23. The van der Waals surface area contributed by atoms with Crippen molar-refractivity contribution in [1.29, 1.82) is 0 Å². The molecule has 1 N–H and O–H groups in total. The predicted octanol–water partition coefficient (Wildman–Crippen LogP) is 0.847. The largest absolute Gasteiger partial charge is 0.461 e. The number of aromatic nitrogens is 5. The molecule has 0 unspecified atom stereocenters. The van der Waals surface area contributed by atoms with Gasteiger partial charge in [-0.15, -0.1) is 5.10 Å². The molecule has 0 bridgehead atoms. The molecule has 3 aromatic rings. The smallest absolute Gasteiger partial charge is 0.225 e. The van der Waals surface area contributed by atoms with Crippen LogP contribution in [0.2, 0.25) is 0 Å². The molecule has 0 radical (unpaired) electrons. The standard InChI is InChI=1S/C17H21N7OS/c1-2-23-15(14-5-3-12-25-14)20-24(17(23)26)13-21-8-10-22(11-9-21)16-18-6-4-7-19-16/h3-7,12H,2,8-11,13H2,1H3/p+1. The number of hydrogen-bond donors (Lipinski definition) is 1. The molecule has 4 rings (SSSR count). The van der Waals surface area contributed by atoms with Crippen molar-refractivity contribution in [3.63, 3.8) is 0 Å². The highest BCUT2D eigenvalue weighted by molar-refractivity contribution is 7.71. The lowest BCUT2D eigenvalue weighted by Crippen LogP contribution is -3.14. The van der Waals surface area contributed by atoms with Gasteiger partial charge < -0.3 is 14.2 Å². The molecule has 0 atom stereocenters. The Labute approximate surface area is 156 Å². The third-order valence-corrected chi connectivity index (χ3v) is 5.09. The Kier molecular flexibility index (Phi) is 4.81. The zero-order valence-electron chi connectivity index (χ0n) is 14.7. The van der Waals surface area contributed by atoms with E-state index in [0.717, 1.165) is 61.7 Å². The Morgan fingerprint density at radius 1 is 1.19 bits per heavy atom. The highest BCUT2D eigenvalue weighted by Gasteiger charge is 2.23. The first kappa shape index (κ1) is 16.9. The molecule has 0 spiro atoms. The quantitative estimate of drug-likeness (QED) is 0.670. The van der Waals surface area contributed by atoms with E-state index in [1.807, 2.05) is 27.4 Å². The Balaban J connectivity index is 1.46.